The number of carbonyl (C=O) groups is 1. The van der Waals surface area contributed by atoms with Gasteiger partial charge in [-0.2, -0.15) is 0 Å². The van der Waals surface area contributed by atoms with Crippen LogP contribution in [0.15, 0.2) is 42.0 Å². The zero-order valence-corrected chi connectivity index (χ0v) is 18.6. The highest BCUT2D eigenvalue weighted by molar-refractivity contribution is 5.95. The summed E-state index contributed by atoms with van der Waals surface area (Å²) in [5.41, 5.74) is 4.38. The van der Waals surface area contributed by atoms with Gasteiger partial charge in [0.05, 0.1) is 18.8 Å². The van der Waals surface area contributed by atoms with E-state index < -0.39 is 5.97 Å². The second kappa shape index (κ2) is 10.6. The lowest BCUT2D eigenvalue weighted by atomic mass is 9.95. The lowest BCUT2D eigenvalue weighted by Gasteiger charge is -2.34. The first-order valence-corrected chi connectivity index (χ1v) is 11.5. The Balaban J connectivity index is 1.55. The number of benzene rings is 2. The number of carboxylic acids is 1. The predicted octanol–water partition coefficient (Wildman–Crippen LogP) is 5.01. The molecule has 1 N–H and O–H groups in total. The van der Waals surface area contributed by atoms with Gasteiger partial charge in [-0.1, -0.05) is 25.5 Å². The maximum atomic E-state index is 11.7. The highest BCUT2D eigenvalue weighted by Crippen LogP contribution is 2.41. The van der Waals surface area contributed by atoms with Gasteiger partial charge >= 0.3 is 5.97 Å². The van der Waals surface area contributed by atoms with E-state index >= 15 is 0 Å². The molecule has 0 aliphatic carbocycles. The van der Waals surface area contributed by atoms with Crippen LogP contribution in [0.25, 0.3) is 17.2 Å². The largest absolute Gasteiger partial charge is 0.491 e. The summed E-state index contributed by atoms with van der Waals surface area (Å²) in [7, 11) is 0. The van der Waals surface area contributed by atoms with E-state index in [1.54, 1.807) is 0 Å². The second-order valence-electron chi connectivity index (χ2n) is 8.16. The van der Waals surface area contributed by atoms with Crippen molar-refractivity contribution >= 4 is 17.7 Å². The summed E-state index contributed by atoms with van der Waals surface area (Å²) in [5, 5.41) is 9.60. The Morgan fingerprint density at radius 2 is 1.94 bits per heavy atom. The number of anilines is 1. The van der Waals surface area contributed by atoms with Crippen LogP contribution in [-0.4, -0.2) is 50.6 Å². The molecule has 32 heavy (non-hydrogen) atoms. The van der Waals surface area contributed by atoms with Gasteiger partial charge in [0.25, 0.3) is 0 Å². The number of hydrogen-bond acceptors (Lipinski definition) is 5. The fourth-order valence-corrected chi connectivity index (χ4v) is 4.16. The average Bonchev–Trinajstić information content (AvgIpc) is 2.79. The Bertz CT molecular complexity index is 967. The predicted molar refractivity (Wildman–Crippen MR) is 126 cm³/mol. The Morgan fingerprint density at radius 3 is 2.72 bits per heavy atom. The summed E-state index contributed by atoms with van der Waals surface area (Å²) in [4.78, 5) is 14.0. The molecule has 2 heterocycles. The van der Waals surface area contributed by atoms with E-state index in [9.17, 15) is 9.90 Å². The van der Waals surface area contributed by atoms with Crippen LogP contribution < -0.4 is 14.4 Å². The van der Waals surface area contributed by atoms with E-state index in [0.29, 0.717) is 31.8 Å². The summed E-state index contributed by atoms with van der Waals surface area (Å²) in [6.07, 6.45) is 5.40. The van der Waals surface area contributed by atoms with Crippen LogP contribution in [0.2, 0.25) is 0 Å². The first kappa shape index (κ1) is 22.2. The highest BCUT2D eigenvalue weighted by Gasteiger charge is 2.25. The van der Waals surface area contributed by atoms with Crippen molar-refractivity contribution in [3.8, 4) is 22.6 Å². The van der Waals surface area contributed by atoms with Gasteiger partial charge in [-0.3, -0.25) is 0 Å². The molecule has 2 aromatic rings. The monoisotopic (exact) mass is 437 g/mol. The van der Waals surface area contributed by atoms with E-state index in [-0.39, 0.29) is 0 Å². The van der Waals surface area contributed by atoms with E-state index in [4.69, 9.17) is 14.2 Å². The molecule has 0 unspecified atom stereocenters. The maximum absolute atomic E-state index is 11.7. The Labute approximate surface area is 189 Å². The number of carboxylic acid groups (broad SMARTS) is 1. The van der Waals surface area contributed by atoms with Crippen LogP contribution in [0.4, 0.5) is 5.69 Å². The molecule has 0 amide bonds. The van der Waals surface area contributed by atoms with Crippen molar-refractivity contribution in [2.24, 2.45) is 0 Å². The molecule has 2 aliphatic rings. The number of aliphatic carboxylic acids is 1. The van der Waals surface area contributed by atoms with Crippen LogP contribution in [-0.2, 0) is 9.53 Å². The van der Waals surface area contributed by atoms with Crippen LogP contribution in [0.3, 0.4) is 0 Å². The molecule has 0 saturated carbocycles. The summed E-state index contributed by atoms with van der Waals surface area (Å²) in [5.74, 6) is 0.765. The van der Waals surface area contributed by atoms with E-state index in [2.05, 4.69) is 24.0 Å². The third kappa shape index (κ3) is 5.25. The summed E-state index contributed by atoms with van der Waals surface area (Å²) < 4.78 is 17.3. The van der Waals surface area contributed by atoms with Crippen molar-refractivity contribution in [2.45, 2.75) is 32.6 Å². The molecule has 6 nitrogen and oxygen atoms in total. The molecule has 2 aromatic carbocycles. The number of nitrogens with zero attached hydrogens (tertiary/aromatic N) is 1. The quantitative estimate of drug-likeness (QED) is 0.556. The summed E-state index contributed by atoms with van der Waals surface area (Å²) >= 11 is 0. The molecule has 0 spiro atoms. The smallest absolute Gasteiger partial charge is 0.331 e. The molecular formula is C26H31NO5. The molecule has 6 heteroatoms. The number of unbranched alkanes of at least 4 members (excludes halogenated alkanes) is 1. The van der Waals surface area contributed by atoms with Crippen LogP contribution in [0.5, 0.6) is 11.5 Å². The first-order chi connectivity index (χ1) is 15.7. The zero-order chi connectivity index (χ0) is 22.3. The molecular weight excluding hydrogens is 406 g/mol. The van der Waals surface area contributed by atoms with E-state index in [1.807, 2.05) is 30.3 Å². The molecule has 4 rings (SSSR count). The zero-order valence-electron chi connectivity index (χ0n) is 18.6. The molecule has 0 atom stereocenters. The Hall–Kier alpha value is -2.99. The van der Waals surface area contributed by atoms with Crippen molar-refractivity contribution in [3.63, 3.8) is 0 Å². The fourth-order valence-electron chi connectivity index (χ4n) is 4.16. The molecule has 2 aliphatic heterocycles. The lowest BCUT2D eigenvalue weighted by Crippen LogP contribution is -2.34. The summed E-state index contributed by atoms with van der Waals surface area (Å²) in [6, 6.07) is 12.1. The SMILES string of the molecule is CCCCOCCOc1ccc(-c2cc3c4c(c2)OCCN4CCCC(C(=O)O)=C3)cc1. The van der Waals surface area contributed by atoms with Gasteiger partial charge in [-0.05, 0) is 60.7 Å². The Morgan fingerprint density at radius 1 is 1.09 bits per heavy atom. The third-order valence-corrected chi connectivity index (χ3v) is 5.84. The molecule has 0 radical (unpaired) electrons. The standard InChI is InChI=1S/C26H31NO5/c1-2-3-12-30-14-15-31-23-8-6-19(7-9-23)21-17-22-16-20(26(28)29)5-4-10-27-11-13-32-24(18-21)25(22)27/h6-9,16-18H,2-5,10-15H2,1H3,(H,28,29). The molecule has 0 aromatic heterocycles. The van der Waals surface area contributed by atoms with Gasteiger partial charge in [0.1, 0.15) is 24.7 Å². The van der Waals surface area contributed by atoms with Crippen molar-refractivity contribution < 1.29 is 24.1 Å². The van der Waals surface area contributed by atoms with Gasteiger partial charge in [0.15, 0.2) is 0 Å². The normalized spacial score (nSPS) is 15.2. The molecule has 0 fully saturated rings. The number of ether oxygens (including phenoxy) is 3. The van der Waals surface area contributed by atoms with Gasteiger partial charge in [-0.25, -0.2) is 4.79 Å². The molecule has 0 bridgehead atoms. The van der Waals surface area contributed by atoms with Crippen LogP contribution in [0, 0.1) is 0 Å². The lowest BCUT2D eigenvalue weighted by molar-refractivity contribution is -0.132. The van der Waals surface area contributed by atoms with Crippen molar-refractivity contribution in [1.29, 1.82) is 0 Å². The van der Waals surface area contributed by atoms with Gasteiger partial charge < -0.3 is 24.2 Å². The third-order valence-electron chi connectivity index (χ3n) is 5.84. The fraction of sp³-hybridized carbons (Fsp3) is 0.423. The van der Waals surface area contributed by atoms with Gasteiger partial charge in [-0.15, -0.1) is 0 Å². The highest BCUT2D eigenvalue weighted by atomic mass is 16.5. The van der Waals surface area contributed by atoms with Crippen molar-refractivity contribution in [3.05, 3.63) is 47.5 Å². The summed E-state index contributed by atoms with van der Waals surface area (Å²) in [6.45, 7) is 6.33. The van der Waals surface area contributed by atoms with Crippen LogP contribution in [0.1, 0.15) is 38.2 Å². The maximum Gasteiger partial charge on any atom is 0.331 e. The van der Waals surface area contributed by atoms with Gasteiger partial charge in [0.2, 0.25) is 0 Å². The van der Waals surface area contributed by atoms with E-state index in [0.717, 1.165) is 72.8 Å². The van der Waals surface area contributed by atoms with Crippen LogP contribution >= 0.6 is 0 Å². The average molecular weight is 438 g/mol. The second-order valence-corrected chi connectivity index (χ2v) is 8.16. The van der Waals surface area contributed by atoms with E-state index in [1.165, 1.54) is 0 Å². The number of hydrogen-bond donors (Lipinski definition) is 1. The molecule has 170 valence electrons. The topological polar surface area (TPSA) is 68.2 Å². The van der Waals surface area contributed by atoms with Gasteiger partial charge in [0, 0.05) is 24.3 Å². The minimum atomic E-state index is -0.852. The minimum Gasteiger partial charge on any atom is -0.491 e. The number of rotatable bonds is 9. The first-order valence-electron chi connectivity index (χ1n) is 11.5. The van der Waals surface area contributed by atoms with Crippen molar-refractivity contribution in [1.82, 2.24) is 0 Å². The Kier molecular flexibility index (Phi) is 7.32. The minimum absolute atomic E-state index is 0.444. The van der Waals surface area contributed by atoms with Crippen molar-refractivity contribution in [2.75, 3.05) is 44.4 Å². The molecule has 0 saturated heterocycles.